The summed E-state index contributed by atoms with van der Waals surface area (Å²) in [7, 11) is -3.22. The molecule has 1 aliphatic rings. The van der Waals surface area contributed by atoms with Gasteiger partial charge in [0.1, 0.15) is 0 Å². The minimum atomic E-state index is -3.22. The monoisotopic (exact) mass is 587 g/mol. The first-order chi connectivity index (χ1) is 4.01. The van der Waals surface area contributed by atoms with Crippen LogP contribution in [0.25, 0.3) is 0 Å². The molecule has 0 aliphatic carbocycles. The minimum absolute atomic E-state index is 0. The van der Waals surface area contributed by atoms with E-state index in [2.05, 4.69) is 10.8 Å². The second kappa shape index (κ2) is 14.4. The molecule has 0 saturated carbocycles. The van der Waals surface area contributed by atoms with Gasteiger partial charge in [-0.25, -0.2) is 0 Å². The van der Waals surface area contributed by atoms with E-state index >= 15 is 0 Å². The zero-order valence-electron chi connectivity index (χ0n) is 8.11. The van der Waals surface area contributed by atoms with Crippen LogP contribution in [0.2, 0.25) is 0 Å². The molecule has 0 amide bonds. The van der Waals surface area contributed by atoms with Gasteiger partial charge in [-0.15, -0.1) is 13.8 Å². The first kappa shape index (κ1) is 31.4. The van der Waals surface area contributed by atoms with Crippen LogP contribution in [0.5, 0.6) is 0 Å². The van der Waals surface area contributed by atoms with Gasteiger partial charge < -0.3 is 11.1 Å². The van der Waals surface area contributed by atoms with Crippen molar-refractivity contribution in [3.63, 3.8) is 0 Å². The topological polar surface area (TPSA) is 34.1 Å². The number of hydrogen-bond acceptors (Lipinski definition) is 2. The van der Waals surface area contributed by atoms with Crippen LogP contribution in [0.4, 0.5) is 0 Å². The fourth-order valence-electron chi connectivity index (χ4n) is 0.582. The van der Waals surface area contributed by atoms with E-state index in [1.165, 1.54) is 0 Å². The molecule has 1 heterocycles. The number of hydrogen-bond donors (Lipinski definition) is 0. The van der Waals surface area contributed by atoms with Gasteiger partial charge in [-0.3, -0.25) is 19.2 Å². The number of sulfone groups is 1. The van der Waals surface area contributed by atoms with Gasteiger partial charge in [0.2, 0.25) is 0 Å². The Balaban J connectivity index is -0.0000000540. The zero-order valence-corrected chi connectivity index (χ0v) is 23.1. The third-order valence-corrected chi connectivity index (χ3v) is 2.29. The molecule has 0 spiro atoms. The van der Waals surface area contributed by atoms with Crippen LogP contribution in [0.15, 0.2) is 11.1 Å². The molecule has 0 N–H and O–H groups in total. The Morgan fingerprint density at radius 3 is 1.07 bits per heavy atom. The van der Waals surface area contributed by atoms with Gasteiger partial charge in [-0.1, -0.05) is 0 Å². The van der Waals surface area contributed by atoms with Crippen LogP contribution in [0.3, 0.4) is 0 Å². The Labute approximate surface area is 212 Å². The van der Waals surface area contributed by atoms with E-state index in [-0.39, 0.29) is 164 Å². The Morgan fingerprint density at radius 1 is 0.786 bits per heavy atom. The Morgan fingerprint density at radius 2 is 1.00 bits per heavy atom. The van der Waals surface area contributed by atoms with Gasteiger partial charge in [-0.05, 0) is 0 Å². The predicted molar refractivity (Wildman–Crippen MR) is 33.8 cm³/mol. The summed E-state index contributed by atoms with van der Waals surface area (Å²) in [6.45, 7) is 3.40. The molecule has 0 atom stereocenters. The second-order valence-electron chi connectivity index (χ2n) is 1.96. The SMILES string of the molecule is CC1=[C-]S(=O)(=O)[C-]=C1C.[Y].[Y].[Y].[Y].[Y]. The van der Waals surface area contributed by atoms with E-state index in [1.54, 1.807) is 13.8 Å². The summed E-state index contributed by atoms with van der Waals surface area (Å²) in [6, 6.07) is 0. The summed E-state index contributed by atoms with van der Waals surface area (Å²) >= 11 is 0. The fourth-order valence-corrected chi connectivity index (χ4v) is 1.75. The van der Waals surface area contributed by atoms with E-state index in [1.807, 2.05) is 0 Å². The average Bonchev–Trinajstić information content (AvgIpc) is 1.79. The quantitative estimate of drug-likeness (QED) is 0.394. The summed E-state index contributed by atoms with van der Waals surface area (Å²) in [5, 5.41) is 4.57. The summed E-state index contributed by atoms with van der Waals surface area (Å²) in [5.74, 6) is 0. The van der Waals surface area contributed by atoms with E-state index in [0.29, 0.717) is 11.1 Å². The molecule has 1 rings (SSSR count). The first-order valence-corrected chi connectivity index (χ1v) is 3.97. The van der Waals surface area contributed by atoms with Crippen molar-refractivity contribution >= 4 is 9.84 Å². The fraction of sp³-hybridized carbons (Fsp3) is 0.333. The molecule has 14 heavy (non-hydrogen) atoms. The van der Waals surface area contributed by atoms with Gasteiger partial charge in [0.25, 0.3) is 0 Å². The van der Waals surface area contributed by atoms with Crippen molar-refractivity contribution in [3.05, 3.63) is 22.0 Å². The van der Waals surface area contributed by atoms with Crippen LogP contribution in [0, 0.1) is 10.8 Å². The van der Waals surface area contributed by atoms with Crippen molar-refractivity contribution < 1.29 is 172 Å². The summed E-state index contributed by atoms with van der Waals surface area (Å²) in [6.07, 6.45) is 0. The normalized spacial score (nSPS) is 15.0. The van der Waals surface area contributed by atoms with Crippen LogP contribution >= 0.6 is 0 Å². The maximum Gasteiger partial charge on any atom is 0.00746 e. The Kier molecular flexibility index (Phi) is 32.2. The molecule has 0 aromatic heterocycles. The zero-order chi connectivity index (χ0) is 7.07. The molecule has 0 saturated heterocycles. The van der Waals surface area contributed by atoms with Gasteiger partial charge in [0.05, 0.1) is 0 Å². The van der Waals surface area contributed by atoms with Crippen LogP contribution in [-0.4, -0.2) is 8.42 Å². The number of rotatable bonds is 0. The molecule has 0 fully saturated rings. The van der Waals surface area contributed by atoms with Crippen molar-refractivity contribution in [1.29, 1.82) is 0 Å². The maximum absolute atomic E-state index is 10.6. The van der Waals surface area contributed by atoms with Gasteiger partial charge in [-0.2, -0.15) is 0 Å². The minimum Gasteiger partial charge on any atom is -0.362 e. The Hall–Kier alpha value is 4.95. The molecular weight excluding hydrogens is 581 g/mol. The summed E-state index contributed by atoms with van der Waals surface area (Å²) in [5.41, 5.74) is 1.32. The molecular formula is C6H6O2SY5-2. The first-order valence-electron chi connectivity index (χ1n) is 2.49. The average molecular weight is 587 g/mol. The van der Waals surface area contributed by atoms with Crippen molar-refractivity contribution in [2.24, 2.45) is 0 Å². The molecule has 0 aromatic carbocycles. The Bertz CT molecular complexity index is 269. The number of allylic oxidation sites excluding steroid dienone is 2. The smallest absolute Gasteiger partial charge is 0.00746 e. The molecule has 8 heteroatoms. The van der Waals surface area contributed by atoms with E-state index in [4.69, 9.17) is 0 Å². The summed E-state index contributed by atoms with van der Waals surface area (Å²) in [4.78, 5) is 0. The van der Waals surface area contributed by atoms with E-state index < -0.39 is 9.84 Å². The molecule has 0 bridgehead atoms. The van der Waals surface area contributed by atoms with Gasteiger partial charge in [0, 0.05) is 173 Å². The molecule has 0 unspecified atom stereocenters. The molecule has 0 aromatic rings. The summed E-state index contributed by atoms with van der Waals surface area (Å²) < 4.78 is 21.2. The van der Waals surface area contributed by atoms with Crippen molar-refractivity contribution in [1.82, 2.24) is 0 Å². The van der Waals surface area contributed by atoms with E-state index in [0.717, 1.165) is 0 Å². The van der Waals surface area contributed by atoms with Crippen molar-refractivity contribution in [3.8, 4) is 0 Å². The van der Waals surface area contributed by atoms with Crippen LogP contribution < -0.4 is 0 Å². The third kappa shape index (κ3) is 12.0. The van der Waals surface area contributed by atoms with Crippen molar-refractivity contribution in [2.75, 3.05) is 0 Å². The van der Waals surface area contributed by atoms with Crippen molar-refractivity contribution in [2.45, 2.75) is 13.8 Å². The second-order valence-corrected chi connectivity index (χ2v) is 3.37. The van der Waals surface area contributed by atoms with Crippen LogP contribution in [-0.2, 0) is 173 Å². The molecule has 65 valence electrons. The van der Waals surface area contributed by atoms with Crippen LogP contribution in [0.1, 0.15) is 13.8 Å². The standard InChI is InChI=1S/C6H6O2S.5Y/c1-5-3-9(7,8)4-6(5)2;;;;;/h1-2H3;;;;;/q-2;;;;;. The largest absolute Gasteiger partial charge is 0.362 e. The van der Waals surface area contributed by atoms with Gasteiger partial charge >= 0.3 is 0 Å². The predicted octanol–water partition coefficient (Wildman–Crippen LogP) is 0.816. The molecule has 5 radical (unpaired) electrons. The van der Waals surface area contributed by atoms with E-state index in [9.17, 15) is 8.42 Å². The third-order valence-electron chi connectivity index (χ3n) is 1.14. The maximum atomic E-state index is 10.6. The molecule has 1 aliphatic heterocycles. The molecule has 2 nitrogen and oxygen atoms in total. The van der Waals surface area contributed by atoms with Gasteiger partial charge in [0.15, 0.2) is 0 Å².